The van der Waals surface area contributed by atoms with Crippen LogP contribution in [0, 0.1) is 11.3 Å². The minimum Gasteiger partial charge on any atom is -0.465 e. The number of carbonyl (C=O) groups excluding carboxylic acids is 1. The molecule has 0 amide bonds. The fourth-order valence-electron chi connectivity index (χ4n) is 1.13. The van der Waals surface area contributed by atoms with Gasteiger partial charge >= 0.3 is 5.97 Å². The molecule has 0 fully saturated rings. The lowest BCUT2D eigenvalue weighted by Gasteiger charge is -2.07. The monoisotopic (exact) mass is 269 g/mol. The second kappa shape index (κ2) is 4.91. The van der Waals surface area contributed by atoms with Crippen LogP contribution in [0.25, 0.3) is 0 Å². The first-order valence-electron chi connectivity index (χ1n) is 4.06. The van der Waals surface area contributed by atoms with E-state index in [0.29, 0.717) is 10.0 Å². The quantitative estimate of drug-likeness (QED) is 0.828. The summed E-state index contributed by atoms with van der Waals surface area (Å²) in [6.07, 6.45) is 0. The van der Waals surface area contributed by atoms with Gasteiger partial charge in [-0.2, -0.15) is 5.26 Å². The molecule has 0 saturated carbocycles. The summed E-state index contributed by atoms with van der Waals surface area (Å²) in [5.41, 5.74) is 0.914. The molecular formula is C10H8BrNO3. The Balaban J connectivity index is 3.39. The number of ether oxygens (including phenoxy) is 1. The van der Waals surface area contributed by atoms with E-state index in [2.05, 4.69) is 20.7 Å². The van der Waals surface area contributed by atoms with E-state index in [1.807, 2.05) is 6.07 Å². The van der Waals surface area contributed by atoms with Crippen LogP contribution in [0.2, 0.25) is 0 Å². The van der Waals surface area contributed by atoms with Crippen LogP contribution >= 0.6 is 15.9 Å². The topological polar surface area (TPSA) is 70.3 Å². The summed E-state index contributed by atoms with van der Waals surface area (Å²) in [4.78, 5) is 11.3. The van der Waals surface area contributed by atoms with Gasteiger partial charge in [0.1, 0.15) is 6.07 Å². The minimum atomic E-state index is -0.572. The average Bonchev–Trinajstić information content (AvgIpc) is 2.27. The molecule has 1 N–H and O–H groups in total. The van der Waals surface area contributed by atoms with Gasteiger partial charge in [-0.15, -0.1) is 0 Å². The van der Waals surface area contributed by atoms with Crippen LogP contribution in [0.4, 0.5) is 0 Å². The maximum Gasteiger partial charge on any atom is 0.339 e. The van der Waals surface area contributed by atoms with Gasteiger partial charge in [0, 0.05) is 4.47 Å². The van der Waals surface area contributed by atoms with Crippen molar-refractivity contribution in [3.05, 3.63) is 33.3 Å². The first-order valence-corrected chi connectivity index (χ1v) is 4.85. The maximum atomic E-state index is 11.3. The number of esters is 1. The van der Waals surface area contributed by atoms with Gasteiger partial charge in [0.05, 0.1) is 24.8 Å². The van der Waals surface area contributed by atoms with Crippen molar-refractivity contribution < 1.29 is 14.6 Å². The van der Waals surface area contributed by atoms with E-state index >= 15 is 0 Å². The predicted molar refractivity (Wildman–Crippen MR) is 56.1 cm³/mol. The Bertz CT molecular complexity index is 437. The lowest BCUT2D eigenvalue weighted by molar-refractivity contribution is 0.0600. The van der Waals surface area contributed by atoms with Crippen molar-refractivity contribution in [2.24, 2.45) is 0 Å². The number of hydrogen-bond acceptors (Lipinski definition) is 4. The second-order valence-corrected chi connectivity index (χ2v) is 3.52. The highest BCUT2D eigenvalue weighted by atomic mass is 79.9. The van der Waals surface area contributed by atoms with Gasteiger partial charge in [-0.25, -0.2) is 4.79 Å². The summed E-state index contributed by atoms with van der Waals surface area (Å²) in [5, 5.41) is 17.9. The first-order chi connectivity index (χ1) is 7.15. The summed E-state index contributed by atoms with van der Waals surface area (Å²) >= 11 is 3.16. The van der Waals surface area contributed by atoms with Crippen molar-refractivity contribution >= 4 is 21.9 Å². The van der Waals surface area contributed by atoms with E-state index in [9.17, 15) is 4.79 Å². The van der Waals surface area contributed by atoms with Gasteiger partial charge in [0.15, 0.2) is 0 Å². The highest BCUT2D eigenvalue weighted by molar-refractivity contribution is 9.10. The van der Waals surface area contributed by atoms with Crippen molar-refractivity contribution in [2.45, 2.75) is 6.61 Å². The largest absolute Gasteiger partial charge is 0.465 e. The molecule has 0 saturated heterocycles. The molecule has 1 aromatic rings. The Labute approximate surface area is 95.2 Å². The predicted octanol–water partition coefficient (Wildman–Crippen LogP) is 1.60. The number of aliphatic hydroxyl groups excluding tert-OH is 1. The number of benzene rings is 1. The number of carbonyl (C=O) groups is 1. The molecule has 0 atom stereocenters. The molecule has 0 aliphatic carbocycles. The molecule has 0 aliphatic rings. The Kier molecular flexibility index (Phi) is 3.83. The number of methoxy groups -OCH3 is 1. The normalized spacial score (nSPS) is 9.47. The van der Waals surface area contributed by atoms with Crippen molar-refractivity contribution in [1.82, 2.24) is 0 Å². The number of halogens is 1. The number of hydrogen-bond donors (Lipinski definition) is 1. The molecule has 15 heavy (non-hydrogen) atoms. The number of rotatable bonds is 2. The summed E-state index contributed by atoms with van der Waals surface area (Å²) in [7, 11) is 1.25. The zero-order chi connectivity index (χ0) is 11.4. The van der Waals surface area contributed by atoms with E-state index in [0.717, 1.165) is 0 Å². The van der Waals surface area contributed by atoms with Crippen LogP contribution in [0.1, 0.15) is 21.5 Å². The fourth-order valence-corrected chi connectivity index (χ4v) is 1.69. The minimum absolute atomic E-state index is 0.174. The summed E-state index contributed by atoms with van der Waals surface area (Å²) in [6.45, 7) is -0.198. The van der Waals surface area contributed by atoms with E-state index in [4.69, 9.17) is 10.4 Å². The van der Waals surface area contributed by atoms with E-state index in [-0.39, 0.29) is 17.7 Å². The molecule has 0 radical (unpaired) electrons. The van der Waals surface area contributed by atoms with Crippen LogP contribution in [-0.4, -0.2) is 18.2 Å². The molecule has 0 bridgehead atoms. The molecule has 0 unspecified atom stereocenters. The van der Waals surface area contributed by atoms with Crippen LogP contribution in [0.3, 0.4) is 0 Å². The standard InChI is InChI=1S/C10H8BrNO3/c1-15-10(14)7-3-2-6(5-13)9(11)8(7)4-12/h2-3,13H,5H2,1H3. The van der Waals surface area contributed by atoms with Gasteiger partial charge in [-0.1, -0.05) is 6.07 Å². The molecule has 78 valence electrons. The fraction of sp³-hybridized carbons (Fsp3) is 0.200. The molecule has 1 rings (SSSR count). The van der Waals surface area contributed by atoms with Gasteiger partial charge < -0.3 is 9.84 Å². The summed E-state index contributed by atoms with van der Waals surface area (Å²) < 4.78 is 4.96. The van der Waals surface area contributed by atoms with Crippen LogP contribution in [0.5, 0.6) is 0 Å². The third kappa shape index (κ3) is 2.17. The van der Waals surface area contributed by atoms with E-state index in [1.54, 1.807) is 6.07 Å². The molecule has 0 heterocycles. The van der Waals surface area contributed by atoms with Crippen molar-refractivity contribution in [3.63, 3.8) is 0 Å². The molecule has 4 nitrogen and oxygen atoms in total. The third-order valence-corrected chi connectivity index (χ3v) is 2.82. The molecular weight excluding hydrogens is 262 g/mol. The van der Waals surface area contributed by atoms with Crippen LogP contribution < -0.4 is 0 Å². The Morgan fingerprint density at radius 1 is 1.67 bits per heavy atom. The zero-order valence-corrected chi connectivity index (χ0v) is 9.54. The maximum absolute atomic E-state index is 11.3. The third-order valence-electron chi connectivity index (χ3n) is 1.91. The number of nitriles is 1. The molecule has 0 aliphatic heterocycles. The molecule has 5 heteroatoms. The Morgan fingerprint density at radius 3 is 2.80 bits per heavy atom. The number of nitrogens with zero attached hydrogens (tertiary/aromatic N) is 1. The first kappa shape index (κ1) is 11.7. The Morgan fingerprint density at radius 2 is 2.33 bits per heavy atom. The van der Waals surface area contributed by atoms with Crippen molar-refractivity contribution in [1.29, 1.82) is 5.26 Å². The highest BCUT2D eigenvalue weighted by Crippen LogP contribution is 2.25. The summed E-state index contributed by atoms with van der Waals surface area (Å²) in [5.74, 6) is -0.572. The zero-order valence-electron chi connectivity index (χ0n) is 7.95. The Hall–Kier alpha value is -1.38. The lowest BCUT2D eigenvalue weighted by Crippen LogP contribution is -2.05. The van der Waals surface area contributed by atoms with E-state index in [1.165, 1.54) is 13.2 Å². The van der Waals surface area contributed by atoms with Gasteiger partial charge in [0.25, 0.3) is 0 Å². The number of aliphatic hydroxyl groups is 1. The lowest BCUT2D eigenvalue weighted by atomic mass is 10.1. The van der Waals surface area contributed by atoms with Crippen LogP contribution in [-0.2, 0) is 11.3 Å². The van der Waals surface area contributed by atoms with Gasteiger partial charge in [-0.3, -0.25) is 0 Å². The highest BCUT2D eigenvalue weighted by Gasteiger charge is 2.16. The SMILES string of the molecule is COC(=O)c1ccc(CO)c(Br)c1C#N. The molecule has 1 aromatic carbocycles. The van der Waals surface area contributed by atoms with Gasteiger partial charge in [-0.05, 0) is 27.6 Å². The van der Waals surface area contributed by atoms with E-state index < -0.39 is 5.97 Å². The molecule has 0 aromatic heterocycles. The van der Waals surface area contributed by atoms with Gasteiger partial charge in [0.2, 0.25) is 0 Å². The molecule has 0 spiro atoms. The summed E-state index contributed by atoms with van der Waals surface area (Å²) in [6, 6.07) is 4.92. The smallest absolute Gasteiger partial charge is 0.339 e. The van der Waals surface area contributed by atoms with Crippen molar-refractivity contribution in [3.8, 4) is 6.07 Å². The average molecular weight is 270 g/mol. The van der Waals surface area contributed by atoms with Crippen LogP contribution in [0.15, 0.2) is 16.6 Å². The van der Waals surface area contributed by atoms with Crippen molar-refractivity contribution in [2.75, 3.05) is 7.11 Å². The second-order valence-electron chi connectivity index (χ2n) is 2.72.